The van der Waals surface area contributed by atoms with Crippen molar-refractivity contribution in [1.82, 2.24) is 0 Å². The largest absolute Gasteiger partial charge is 0.497 e. The number of hydrogen-bond donors (Lipinski definition) is 2. The van der Waals surface area contributed by atoms with E-state index in [4.69, 9.17) is 9.47 Å². The molecule has 0 unspecified atom stereocenters. The number of ether oxygens (including phenoxy) is 2. The summed E-state index contributed by atoms with van der Waals surface area (Å²) < 4.78 is 11.0. The Morgan fingerprint density at radius 3 is 2.22 bits per heavy atom. The predicted octanol–water partition coefficient (Wildman–Crippen LogP) is 1.40. The number of quaternary nitrogens is 1. The molecule has 146 valence electrons. The van der Waals surface area contributed by atoms with Gasteiger partial charge in [-0.15, -0.1) is 0 Å². The first-order valence-electron chi connectivity index (χ1n) is 9.80. The molecular weight excluding hydrogens is 340 g/mol. The zero-order chi connectivity index (χ0) is 19.1. The fourth-order valence-corrected chi connectivity index (χ4v) is 3.48. The van der Waals surface area contributed by atoms with Crippen molar-refractivity contribution in [2.24, 2.45) is 0 Å². The molecule has 0 saturated carbocycles. The molecule has 0 bridgehead atoms. The number of nitrogens with one attached hydrogen (secondary N) is 1. The van der Waals surface area contributed by atoms with Gasteiger partial charge in [-0.05, 0) is 48.4 Å². The second-order valence-corrected chi connectivity index (χ2v) is 7.10. The Morgan fingerprint density at radius 2 is 1.63 bits per heavy atom. The number of benzene rings is 2. The number of anilines is 1. The monoisotopic (exact) mass is 371 g/mol. The third kappa shape index (κ3) is 5.62. The van der Waals surface area contributed by atoms with E-state index in [1.807, 2.05) is 24.3 Å². The summed E-state index contributed by atoms with van der Waals surface area (Å²) in [6.07, 6.45) is 0.577. The van der Waals surface area contributed by atoms with Gasteiger partial charge in [0.2, 0.25) is 0 Å². The lowest BCUT2D eigenvalue weighted by atomic mass is 10.2. The number of rotatable bonds is 8. The van der Waals surface area contributed by atoms with Gasteiger partial charge in [0.25, 0.3) is 0 Å². The van der Waals surface area contributed by atoms with Crippen LogP contribution in [-0.2, 0) is 6.42 Å². The molecule has 3 rings (SSSR count). The maximum Gasteiger partial charge on any atom is 0.137 e. The molecule has 0 aromatic heterocycles. The highest BCUT2D eigenvalue weighted by Crippen LogP contribution is 2.19. The summed E-state index contributed by atoms with van der Waals surface area (Å²) in [7, 11) is 1.69. The van der Waals surface area contributed by atoms with Crippen LogP contribution in [0.5, 0.6) is 11.5 Å². The predicted molar refractivity (Wildman–Crippen MR) is 108 cm³/mol. The zero-order valence-electron chi connectivity index (χ0n) is 16.4. The first-order valence-corrected chi connectivity index (χ1v) is 9.80. The molecule has 5 heteroatoms. The average Bonchev–Trinajstić information content (AvgIpc) is 2.73. The van der Waals surface area contributed by atoms with Crippen molar-refractivity contribution in [3.8, 4) is 11.5 Å². The smallest absolute Gasteiger partial charge is 0.137 e. The molecule has 2 aromatic rings. The summed E-state index contributed by atoms with van der Waals surface area (Å²) >= 11 is 0. The first-order chi connectivity index (χ1) is 13.2. The molecule has 2 aromatic carbocycles. The quantitative estimate of drug-likeness (QED) is 0.737. The van der Waals surface area contributed by atoms with Crippen molar-refractivity contribution < 1.29 is 19.5 Å². The van der Waals surface area contributed by atoms with Crippen LogP contribution in [0.3, 0.4) is 0 Å². The lowest BCUT2D eigenvalue weighted by Crippen LogP contribution is -3.16. The number of nitrogens with zero attached hydrogens (tertiary/aromatic N) is 1. The van der Waals surface area contributed by atoms with Crippen molar-refractivity contribution in [3.05, 3.63) is 54.1 Å². The molecular formula is C22H31N2O3+. The van der Waals surface area contributed by atoms with E-state index in [1.54, 1.807) is 7.11 Å². The normalized spacial score (nSPS) is 16.2. The van der Waals surface area contributed by atoms with Crippen LogP contribution < -0.4 is 19.3 Å². The van der Waals surface area contributed by atoms with Crippen LogP contribution in [0, 0.1) is 0 Å². The van der Waals surface area contributed by atoms with Gasteiger partial charge in [0.05, 0.1) is 33.3 Å². The Labute approximate surface area is 162 Å². The summed E-state index contributed by atoms with van der Waals surface area (Å²) in [6.45, 7) is 7.24. The van der Waals surface area contributed by atoms with Gasteiger partial charge < -0.3 is 24.4 Å². The van der Waals surface area contributed by atoms with Gasteiger partial charge in [0.15, 0.2) is 0 Å². The molecule has 5 nitrogen and oxygen atoms in total. The lowest BCUT2D eigenvalue weighted by Gasteiger charge is -2.34. The SMILES string of the molecule is CCc1ccc(OC[C@@H](O)C[NH+]2CCN(c3ccc(OC)cc3)CC2)cc1. The Kier molecular flexibility index (Phi) is 6.96. The highest BCUT2D eigenvalue weighted by atomic mass is 16.5. The van der Waals surface area contributed by atoms with E-state index in [9.17, 15) is 5.11 Å². The third-order valence-corrected chi connectivity index (χ3v) is 5.21. The first kappa shape index (κ1) is 19.5. The fourth-order valence-electron chi connectivity index (χ4n) is 3.48. The number of aliphatic hydroxyl groups excluding tert-OH is 1. The molecule has 1 saturated heterocycles. The van der Waals surface area contributed by atoms with E-state index in [1.165, 1.54) is 16.2 Å². The van der Waals surface area contributed by atoms with E-state index in [2.05, 4.69) is 36.1 Å². The molecule has 1 atom stereocenters. The zero-order valence-corrected chi connectivity index (χ0v) is 16.4. The van der Waals surface area contributed by atoms with Gasteiger partial charge in [-0.1, -0.05) is 19.1 Å². The summed E-state index contributed by atoms with van der Waals surface area (Å²) in [5.74, 6) is 1.71. The van der Waals surface area contributed by atoms with E-state index in [0.717, 1.165) is 50.6 Å². The topological polar surface area (TPSA) is 46.4 Å². The summed E-state index contributed by atoms with van der Waals surface area (Å²) in [5.41, 5.74) is 2.52. The minimum Gasteiger partial charge on any atom is -0.497 e. The summed E-state index contributed by atoms with van der Waals surface area (Å²) in [4.78, 5) is 3.82. The van der Waals surface area contributed by atoms with Crippen LogP contribution in [-0.4, -0.2) is 57.7 Å². The minimum absolute atomic E-state index is 0.344. The van der Waals surface area contributed by atoms with E-state index in [0.29, 0.717) is 6.61 Å². The molecule has 2 N–H and O–H groups in total. The molecule has 0 spiro atoms. The molecule has 0 radical (unpaired) electrons. The number of methoxy groups -OCH3 is 1. The van der Waals surface area contributed by atoms with E-state index in [-0.39, 0.29) is 0 Å². The van der Waals surface area contributed by atoms with E-state index < -0.39 is 6.10 Å². The number of piperazine rings is 1. The highest BCUT2D eigenvalue weighted by molar-refractivity contribution is 5.49. The molecule has 27 heavy (non-hydrogen) atoms. The molecule has 1 aliphatic rings. The van der Waals surface area contributed by atoms with Gasteiger partial charge >= 0.3 is 0 Å². The van der Waals surface area contributed by atoms with Crippen LogP contribution in [0.2, 0.25) is 0 Å². The average molecular weight is 372 g/mol. The molecule has 1 aliphatic heterocycles. The second kappa shape index (κ2) is 9.62. The molecule has 0 amide bonds. The highest BCUT2D eigenvalue weighted by Gasteiger charge is 2.22. The van der Waals surface area contributed by atoms with Gasteiger partial charge in [0.1, 0.15) is 30.8 Å². The Morgan fingerprint density at radius 1 is 1.00 bits per heavy atom. The van der Waals surface area contributed by atoms with Crippen LogP contribution >= 0.6 is 0 Å². The minimum atomic E-state index is -0.446. The fraction of sp³-hybridized carbons (Fsp3) is 0.455. The van der Waals surface area contributed by atoms with Gasteiger partial charge in [-0.2, -0.15) is 0 Å². The maximum absolute atomic E-state index is 10.3. The van der Waals surface area contributed by atoms with Crippen LogP contribution in [0.15, 0.2) is 48.5 Å². The number of aryl methyl sites for hydroxylation is 1. The second-order valence-electron chi connectivity index (χ2n) is 7.10. The van der Waals surface area contributed by atoms with Gasteiger partial charge in [0, 0.05) is 5.69 Å². The number of hydrogen-bond acceptors (Lipinski definition) is 4. The van der Waals surface area contributed by atoms with Crippen LogP contribution in [0.1, 0.15) is 12.5 Å². The van der Waals surface area contributed by atoms with Crippen molar-refractivity contribution in [2.75, 3.05) is 51.3 Å². The standard InChI is InChI=1S/C22H30N2O3/c1-3-18-4-8-22(9-5-18)27-17-20(25)16-23-12-14-24(15-13-23)19-6-10-21(26-2)11-7-19/h4-11,20,25H,3,12-17H2,1-2H3/p+1/t20-/m0/s1. The maximum atomic E-state index is 10.3. The van der Waals surface area contributed by atoms with Crippen molar-refractivity contribution in [2.45, 2.75) is 19.4 Å². The molecule has 1 fully saturated rings. The van der Waals surface area contributed by atoms with Crippen LogP contribution in [0.25, 0.3) is 0 Å². The lowest BCUT2D eigenvalue weighted by molar-refractivity contribution is -0.903. The van der Waals surface area contributed by atoms with E-state index >= 15 is 0 Å². The van der Waals surface area contributed by atoms with Crippen LogP contribution in [0.4, 0.5) is 5.69 Å². The van der Waals surface area contributed by atoms with Crippen molar-refractivity contribution in [3.63, 3.8) is 0 Å². The summed E-state index contributed by atoms with van der Waals surface area (Å²) in [6, 6.07) is 16.3. The molecule has 1 heterocycles. The van der Waals surface area contributed by atoms with Gasteiger partial charge in [-0.3, -0.25) is 0 Å². The van der Waals surface area contributed by atoms with Gasteiger partial charge in [-0.25, -0.2) is 0 Å². The Balaban J connectivity index is 1.40. The summed E-state index contributed by atoms with van der Waals surface area (Å²) in [5, 5.41) is 10.3. The number of aliphatic hydroxyl groups is 1. The van der Waals surface area contributed by atoms with Crippen molar-refractivity contribution >= 4 is 5.69 Å². The molecule has 0 aliphatic carbocycles. The third-order valence-electron chi connectivity index (χ3n) is 5.21. The Hall–Kier alpha value is -2.24. The van der Waals surface area contributed by atoms with Crippen molar-refractivity contribution in [1.29, 1.82) is 0 Å². The Bertz CT molecular complexity index is 680.